The molecule has 0 fully saturated rings. The molecule has 3 aromatic carbocycles. The summed E-state index contributed by atoms with van der Waals surface area (Å²) in [5, 5.41) is 5.13. The lowest BCUT2D eigenvalue weighted by atomic mass is 10.1. The molecule has 1 amide bonds. The average Bonchev–Trinajstić information content (AvgIpc) is 2.72. The molecule has 1 N–H and O–H groups in total. The highest BCUT2D eigenvalue weighted by molar-refractivity contribution is 7.98. The van der Waals surface area contributed by atoms with E-state index < -0.39 is 6.10 Å². The molecule has 0 saturated heterocycles. The minimum Gasteiger partial charge on any atom is -0.481 e. The molecule has 0 bridgehead atoms. The third kappa shape index (κ3) is 5.49. The van der Waals surface area contributed by atoms with Gasteiger partial charge in [0.15, 0.2) is 6.10 Å². The van der Waals surface area contributed by atoms with Crippen LogP contribution in [0.3, 0.4) is 0 Å². The van der Waals surface area contributed by atoms with Gasteiger partial charge in [-0.1, -0.05) is 55.5 Å². The Bertz CT molecular complexity index is 931. The number of hydrogen-bond acceptors (Lipinski definition) is 3. The summed E-state index contributed by atoms with van der Waals surface area (Å²) in [5.41, 5.74) is 0.685. The summed E-state index contributed by atoms with van der Waals surface area (Å²) in [5.74, 6) is 1.69. The lowest BCUT2D eigenvalue weighted by Crippen LogP contribution is -2.39. The van der Waals surface area contributed by atoms with Gasteiger partial charge in [0.05, 0.1) is 0 Å². The molecular weight excluding hydrogens is 373 g/mol. The number of carbonyl (C=O) groups excluding carboxylic acids is 1. The van der Waals surface area contributed by atoms with Gasteiger partial charge in [0, 0.05) is 18.1 Å². The number of hydrogen-bond donors (Lipinski definition) is 1. The molecule has 0 aliphatic carbocycles. The van der Waals surface area contributed by atoms with E-state index in [2.05, 4.69) is 5.32 Å². The third-order valence-corrected chi connectivity index (χ3v) is 5.43. The maximum Gasteiger partial charge on any atom is 0.261 e. The molecule has 1 atom stereocenters. The zero-order valence-electron chi connectivity index (χ0n) is 15.9. The number of rotatable bonds is 9. The Morgan fingerprint density at radius 3 is 2.61 bits per heavy atom. The molecule has 0 aliphatic heterocycles. The average molecular weight is 398 g/mol. The first-order chi connectivity index (χ1) is 13.7. The largest absolute Gasteiger partial charge is 0.481 e. The molecule has 3 nitrogen and oxygen atoms in total. The molecule has 0 aromatic heterocycles. The second-order valence-corrected chi connectivity index (χ2v) is 7.56. The summed E-state index contributed by atoms with van der Waals surface area (Å²) in [4.78, 5) is 12.4. The summed E-state index contributed by atoms with van der Waals surface area (Å²) >= 11 is 1.59. The van der Waals surface area contributed by atoms with E-state index >= 15 is 0 Å². The van der Waals surface area contributed by atoms with Crippen LogP contribution in [-0.4, -0.2) is 24.3 Å². The molecule has 146 valence electrons. The molecule has 1 unspecified atom stereocenters. The van der Waals surface area contributed by atoms with E-state index in [0.29, 0.717) is 35.8 Å². The number of fused-ring (bicyclic) bond motifs is 1. The van der Waals surface area contributed by atoms with Crippen LogP contribution < -0.4 is 10.1 Å². The molecule has 0 spiro atoms. The van der Waals surface area contributed by atoms with Crippen LogP contribution in [-0.2, 0) is 10.5 Å². The Morgan fingerprint density at radius 2 is 1.82 bits per heavy atom. The van der Waals surface area contributed by atoms with Gasteiger partial charge >= 0.3 is 0 Å². The molecule has 3 rings (SSSR count). The molecule has 0 radical (unpaired) electrons. The monoisotopic (exact) mass is 397 g/mol. The normalized spacial score (nSPS) is 11.9. The van der Waals surface area contributed by atoms with E-state index in [4.69, 9.17) is 4.74 Å². The van der Waals surface area contributed by atoms with E-state index in [1.165, 1.54) is 6.07 Å². The fraction of sp³-hybridized carbons (Fsp3) is 0.261. The van der Waals surface area contributed by atoms with Crippen LogP contribution in [0, 0.1) is 5.82 Å². The maximum atomic E-state index is 13.6. The van der Waals surface area contributed by atoms with Crippen LogP contribution in [0.25, 0.3) is 10.8 Å². The maximum absolute atomic E-state index is 13.6. The number of halogens is 1. The van der Waals surface area contributed by atoms with Crippen molar-refractivity contribution in [3.63, 3.8) is 0 Å². The standard InChI is InChI=1S/C23H24FNO2S/c1-2-22(27-20-12-11-17-7-3-4-8-18(17)15-20)23(26)25-13-14-28-16-19-9-5-6-10-21(19)24/h3-12,15,22H,2,13-14,16H2,1H3,(H,25,26). The molecule has 0 heterocycles. The van der Waals surface area contributed by atoms with Gasteiger partial charge in [-0.2, -0.15) is 11.8 Å². The number of thioether (sulfide) groups is 1. The van der Waals surface area contributed by atoms with Crippen molar-refractivity contribution in [3.05, 3.63) is 78.1 Å². The number of ether oxygens (including phenoxy) is 1. The lowest BCUT2D eigenvalue weighted by molar-refractivity contribution is -0.127. The second-order valence-electron chi connectivity index (χ2n) is 6.46. The summed E-state index contributed by atoms with van der Waals surface area (Å²) in [6.45, 7) is 2.45. The van der Waals surface area contributed by atoms with Gasteiger partial charge in [0.2, 0.25) is 0 Å². The summed E-state index contributed by atoms with van der Waals surface area (Å²) in [7, 11) is 0. The van der Waals surface area contributed by atoms with E-state index in [-0.39, 0.29) is 11.7 Å². The minimum atomic E-state index is -0.530. The van der Waals surface area contributed by atoms with Crippen molar-refractivity contribution < 1.29 is 13.9 Å². The fourth-order valence-electron chi connectivity index (χ4n) is 2.89. The Morgan fingerprint density at radius 1 is 1.07 bits per heavy atom. The van der Waals surface area contributed by atoms with Gasteiger partial charge < -0.3 is 10.1 Å². The van der Waals surface area contributed by atoms with E-state index in [1.54, 1.807) is 23.9 Å². The second kappa shape index (κ2) is 10.1. The zero-order chi connectivity index (χ0) is 19.8. The highest BCUT2D eigenvalue weighted by Crippen LogP contribution is 2.22. The Hall–Kier alpha value is -2.53. The van der Waals surface area contributed by atoms with Crippen LogP contribution in [0.15, 0.2) is 66.7 Å². The number of carbonyl (C=O) groups is 1. The van der Waals surface area contributed by atoms with Gasteiger partial charge in [-0.05, 0) is 41.0 Å². The van der Waals surface area contributed by atoms with Crippen LogP contribution >= 0.6 is 11.8 Å². The van der Waals surface area contributed by atoms with Crippen molar-refractivity contribution in [2.75, 3.05) is 12.3 Å². The third-order valence-electron chi connectivity index (χ3n) is 4.42. The fourth-order valence-corrected chi connectivity index (χ4v) is 3.73. The highest BCUT2D eigenvalue weighted by Gasteiger charge is 2.18. The van der Waals surface area contributed by atoms with Crippen molar-refractivity contribution in [1.29, 1.82) is 0 Å². The quantitative estimate of drug-likeness (QED) is 0.505. The molecule has 3 aromatic rings. The van der Waals surface area contributed by atoms with Crippen LogP contribution in [0.5, 0.6) is 5.75 Å². The zero-order valence-corrected chi connectivity index (χ0v) is 16.7. The first-order valence-corrected chi connectivity index (χ1v) is 10.6. The number of amides is 1. The minimum absolute atomic E-state index is 0.123. The molecule has 5 heteroatoms. The van der Waals surface area contributed by atoms with Crippen LogP contribution in [0.4, 0.5) is 4.39 Å². The van der Waals surface area contributed by atoms with Gasteiger partial charge in [-0.3, -0.25) is 4.79 Å². The lowest BCUT2D eigenvalue weighted by Gasteiger charge is -2.17. The predicted octanol–water partition coefficient (Wildman–Crippen LogP) is 5.19. The van der Waals surface area contributed by atoms with Gasteiger partial charge in [0.1, 0.15) is 11.6 Å². The Kier molecular flexibility index (Phi) is 7.31. The van der Waals surface area contributed by atoms with Crippen LogP contribution in [0.2, 0.25) is 0 Å². The summed E-state index contributed by atoms with van der Waals surface area (Å²) in [6.07, 6.45) is 0.0545. The smallest absolute Gasteiger partial charge is 0.261 e. The van der Waals surface area contributed by atoms with E-state index in [9.17, 15) is 9.18 Å². The van der Waals surface area contributed by atoms with Gasteiger partial charge in [-0.15, -0.1) is 0 Å². The van der Waals surface area contributed by atoms with Crippen molar-refractivity contribution in [2.24, 2.45) is 0 Å². The number of nitrogens with one attached hydrogen (secondary N) is 1. The van der Waals surface area contributed by atoms with E-state index in [1.807, 2.05) is 55.5 Å². The van der Waals surface area contributed by atoms with Gasteiger partial charge in [-0.25, -0.2) is 4.39 Å². The topological polar surface area (TPSA) is 38.3 Å². The highest BCUT2D eigenvalue weighted by atomic mass is 32.2. The van der Waals surface area contributed by atoms with Gasteiger partial charge in [0.25, 0.3) is 5.91 Å². The molecular formula is C23H24FNO2S. The van der Waals surface area contributed by atoms with E-state index in [0.717, 1.165) is 10.8 Å². The SMILES string of the molecule is CCC(Oc1ccc2ccccc2c1)C(=O)NCCSCc1ccccc1F. The summed E-state index contributed by atoms with van der Waals surface area (Å²) < 4.78 is 19.5. The Balaban J connectivity index is 1.45. The first kappa shape index (κ1) is 20.2. The van der Waals surface area contributed by atoms with Crippen molar-refractivity contribution >= 4 is 28.4 Å². The number of benzene rings is 3. The first-order valence-electron chi connectivity index (χ1n) is 9.41. The van der Waals surface area contributed by atoms with Crippen molar-refractivity contribution in [3.8, 4) is 5.75 Å². The molecule has 0 saturated carbocycles. The van der Waals surface area contributed by atoms with Crippen LogP contribution in [0.1, 0.15) is 18.9 Å². The Labute approximate surface area is 169 Å². The summed E-state index contributed by atoms with van der Waals surface area (Å²) in [6, 6.07) is 20.6. The predicted molar refractivity (Wildman–Crippen MR) is 114 cm³/mol. The molecule has 28 heavy (non-hydrogen) atoms. The van der Waals surface area contributed by atoms with Crippen molar-refractivity contribution in [2.45, 2.75) is 25.2 Å². The van der Waals surface area contributed by atoms with Crippen molar-refractivity contribution in [1.82, 2.24) is 5.32 Å². The molecule has 0 aliphatic rings.